The Morgan fingerprint density at radius 3 is 2.53 bits per heavy atom. The number of benzene rings is 1. The Bertz CT molecular complexity index is 374. The second kappa shape index (κ2) is 5.74. The fourth-order valence-electron chi connectivity index (χ4n) is 1.23. The highest BCUT2D eigenvalue weighted by molar-refractivity contribution is 6.45. The van der Waals surface area contributed by atoms with E-state index in [4.69, 9.17) is 34.8 Å². The van der Waals surface area contributed by atoms with Gasteiger partial charge in [0.2, 0.25) is 0 Å². The molecule has 1 aromatic carbocycles. The summed E-state index contributed by atoms with van der Waals surface area (Å²) in [6.07, 6.45) is 2.30. The maximum absolute atomic E-state index is 11.7. The standard InChI is InChI=1S/C11H11Cl3O/c1-2-3-4-10(15)8-5-7(12)6-9(13)11(8)14/h5-6H,2-4H2,1H3. The summed E-state index contributed by atoms with van der Waals surface area (Å²) in [5.74, 6) is -0.00810. The van der Waals surface area contributed by atoms with Crippen molar-refractivity contribution < 1.29 is 4.79 Å². The summed E-state index contributed by atoms with van der Waals surface area (Å²) in [5.41, 5.74) is 0.419. The van der Waals surface area contributed by atoms with Gasteiger partial charge in [-0.1, -0.05) is 48.1 Å². The fraction of sp³-hybridized carbons (Fsp3) is 0.364. The van der Waals surface area contributed by atoms with E-state index in [0.29, 0.717) is 27.1 Å². The summed E-state index contributed by atoms with van der Waals surface area (Å²) in [4.78, 5) is 11.7. The first-order valence-electron chi connectivity index (χ1n) is 4.74. The van der Waals surface area contributed by atoms with Gasteiger partial charge in [0.1, 0.15) is 0 Å². The number of halogens is 3. The van der Waals surface area contributed by atoms with Crippen LogP contribution in [0.4, 0.5) is 0 Å². The van der Waals surface area contributed by atoms with Crippen molar-refractivity contribution >= 4 is 40.6 Å². The second-order valence-corrected chi connectivity index (χ2v) is 4.50. The molecule has 0 radical (unpaired) electrons. The van der Waals surface area contributed by atoms with Gasteiger partial charge in [-0.3, -0.25) is 4.79 Å². The van der Waals surface area contributed by atoms with E-state index in [1.165, 1.54) is 6.07 Å². The van der Waals surface area contributed by atoms with E-state index >= 15 is 0 Å². The molecule has 0 atom stereocenters. The van der Waals surface area contributed by atoms with Gasteiger partial charge < -0.3 is 0 Å². The van der Waals surface area contributed by atoms with Gasteiger partial charge in [0.15, 0.2) is 5.78 Å². The Labute approximate surface area is 104 Å². The van der Waals surface area contributed by atoms with Gasteiger partial charge in [0.05, 0.1) is 10.0 Å². The Morgan fingerprint density at radius 2 is 1.93 bits per heavy atom. The third-order valence-electron chi connectivity index (χ3n) is 2.05. The van der Waals surface area contributed by atoms with Crippen LogP contribution in [-0.4, -0.2) is 5.78 Å². The Morgan fingerprint density at radius 1 is 1.27 bits per heavy atom. The Balaban J connectivity index is 2.98. The molecule has 0 bridgehead atoms. The monoisotopic (exact) mass is 264 g/mol. The number of carbonyl (C=O) groups is 1. The van der Waals surface area contributed by atoms with E-state index in [1.54, 1.807) is 6.07 Å². The minimum atomic E-state index is -0.00810. The van der Waals surface area contributed by atoms with Crippen LogP contribution in [-0.2, 0) is 0 Å². The molecule has 0 unspecified atom stereocenters. The second-order valence-electron chi connectivity index (χ2n) is 3.28. The van der Waals surface area contributed by atoms with Gasteiger partial charge in [-0.05, 0) is 18.6 Å². The van der Waals surface area contributed by atoms with Crippen LogP contribution < -0.4 is 0 Å². The van der Waals surface area contributed by atoms with Gasteiger partial charge in [0, 0.05) is 17.0 Å². The molecule has 4 heteroatoms. The zero-order valence-electron chi connectivity index (χ0n) is 8.32. The lowest BCUT2D eigenvalue weighted by molar-refractivity contribution is 0.0980. The van der Waals surface area contributed by atoms with Crippen molar-refractivity contribution in [1.29, 1.82) is 0 Å². The van der Waals surface area contributed by atoms with Crippen LogP contribution >= 0.6 is 34.8 Å². The zero-order valence-corrected chi connectivity index (χ0v) is 10.6. The molecule has 82 valence electrons. The van der Waals surface area contributed by atoms with Crippen molar-refractivity contribution in [2.75, 3.05) is 0 Å². The third kappa shape index (κ3) is 3.37. The van der Waals surface area contributed by atoms with Crippen molar-refractivity contribution in [3.63, 3.8) is 0 Å². The van der Waals surface area contributed by atoms with Gasteiger partial charge in [-0.25, -0.2) is 0 Å². The van der Waals surface area contributed by atoms with Crippen LogP contribution in [0.3, 0.4) is 0 Å². The van der Waals surface area contributed by atoms with Gasteiger partial charge >= 0.3 is 0 Å². The highest BCUT2D eigenvalue weighted by atomic mass is 35.5. The normalized spacial score (nSPS) is 10.4. The molecule has 0 saturated carbocycles. The molecule has 0 aromatic heterocycles. The van der Waals surface area contributed by atoms with E-state index in [0.717, 1.165) is 12.8 Å². The van der Waals surface area contributed by atoms with Crippen LogP contribution in [0.15, 0.2) is 12.1 Å². The highest BCUT2D eigenvalue weighted by Gasteiger charge is 2.13. The van der Waals surface area contributed by atoms with E-state index in [9.17, 15) is 4.79 Å². The summed E-state index contributed by atoms with van der Waals surface area (Å²) in [6, 6.07) is 3.09. The van der Waals surface area contributed by atoms with Crippen molar-refractivity contribution in [2.24, 2.45) is 0 Å². The van der Waals surface area contributed by atoms with Crippen molar-refractivity contribution in [3.05, 3.63) is 32.8 Å². The van der Waals surface area contributed by atoms with Gasteiger partial charge in [-0.15, -0.1) is 0 Å². The molecule has 0 amide bonds. The van der Waals surface area contributed by atoms with Crippen LogP contribution in [0.2, 0.25) is 15.1 Å². The molecule has 0 aliphatic carbocycles. The topological polar surface area (TPSA) is 17.1 Å². The first-order chi connectivity index (χ1) is 7.06. The molecule has 1 nitrogen and oxygen atoms in total. The summed E-state index contributed by atoms with van der Waals surface area (Å²) in [6.45, 7) is 2.03. The molecule has 1 aromatic rings. The molecule has 0 N–H and O–H groups in total. The maximum Gasteiger partial charge on any atom is 0.164 e. The van der Waals surface area contributed by atoms with Crippen LogP contribution in [0.5, 0.6) is 0 Å². The minimum absolute atomic E-state index is 0.00810. The quantitative estimate of drug-likeness (QED) is 0.552. The number of unbranched alkanes of at least 4 members (excludes halogenated alkanes) is 1. The largest absolute Gasteiger partial charge is 0.294 e. The van der Waals surface area contributed by atoms with E-state index in [1.807, 2.05) is 6.92 Å². The molecule has 1 rings (SSSR count). The lowest BCUT2D eigenvalue weighted by Gasteiger charge is -2.05. The number of hydrogen-bond acceptors (Lipinski definition) is 1. The number of rotatable bonds is 4. The lowest BCUT2D eigenvalue weighted by atomic mass is 10.1. The lowest BCUT2D eigenvalue weighted by Crippen LogP contribution is -2.00. The smallest absolute Gasteiger partial charge is 0.164 e. The predicted molar refractivity (Wildman–Crippen MR) is 65.3 cm³/mol. The molecule has 0 saturated heterocycles. The summed E-state index contributed by atoms with van der Waals surface area (Å²) in [7, 11) is 0. The summed E-state index contributed by atoms with van der Waals surface area (Å²) in [5, 5.41) is 1.05. The third-order valence-corrected chi connectivity index (χ3v) is 3.07. The molecule has 0 spiro atoms. The molecular weight excluding hydrogens is 254 g/mol. The Kier molecular flexibility index (Phi) is 4.91. The summed E-state index contributed by atoms with van der Waals surface area (Å²) < 4.78 is 0. The molecular formula is C11H11Cl3O. The fourth-order valence-corrected chi connectivity index (χ4v) is 1.94. The number of Topliss-reactive ketones (excluding diaryl/α,β-unsaturated/α-hetero) is 1. The van der Waals surface area contributed by atoms with E-state index < -0.39 is 0 Å². The van der Waals surface area contributed by atoms with Crippen molar-refractivity contribution in [2.45, 2.75) is 26.2 Å². The maximum atomic E-state index is 11.7. The van der Waals surface area contributed by atoms with Crippen LogP contribution in [0.1, 0.15) is 36.5 Å². The zero-order chi connectivity index (χ0) is 11.4. The summed E-state index contributed by atoms with van der Waals surface area (Å²) >= 11 is 17.6. The van der Waals surface area contributed by atoms with E-state index in [-0.39, 0.29) is 5.78 Å². The number of ketones is 1. The number of carbonyl (C=O) groups excluding carboxylic acids is 1. The Hall–Kier alpha value is -0.240. The first-order valence-corrected chi connectivity index (χ1v) is 5.87. The highest BCUT2D eigenvalue weighted by Crippen LogP contribution is 2.30. The van der Waals surface area contributed by atoms with E-state index in [2.05, 4.69) is 0 Å². The average molecular weight is 266 g/mol. The van der Waals surface area contributed by atoms with Gasteiger partial charge in [-0.2, -0.15) is 0 Å². The molecule has 0 aliphatic rings. The van der Waals surface area contributed by atoms with Crippen LogP contribution in [0, 0.1) is 0 Å². The van der Waals surface area contributed by atoms with Crippen molar-refractivity contribution in [3.8, 4) is 0 Å². The van der Waals surface area contributed by atoms with Gasteiger partial charge in [0.25, 0.3) is 0 Å². The molecule has 15 heavy (non-hydrogen) atoms. The van der Waals surface area contributed by atoms with Crippen LogP contribution in [0.25, 0.3) is 0 Å². The molecule has 0 fully saturated rings. The average Bonchev–Trinajstić information content (AvgIpc) is 2.19. The molecule has 0 heterocycles. The first kappa shape index (κ1) is 12.8. The predicted octanol–water partition coefficient (Wildman–Crippen LogP) is 5.02. The minimum Gasteiger partial charge on any atom is -0.294 e. The SMILES string of the molecule is CCCCC(=O)c1cc(Cl)cc(Cl)c1Cl. The number of hydrogen-bond donors (Lipinski definition) is 0. The van der Waals surface area contributed by atoms with Crippen molar-refractivity contribution in [1.82, 2.24) is 0 Å². The molecule has 0 aliphatic heterocycles.